The number of aryl methyl sites for hydroxylation is 1. The van der Waals surface area contributed by atoms with Crippen molar-refractivity contribution in [3.05, 3.63) is 72.6 Å². The van der Waals surface area contributed by atoms with Crippen LogP contribution < -0.4 is 0 Å². The summed E-state index contributed by atoms with van der Waals surface area (Å²) in [4.78, 5) is 21.1. The van der Waals surface area contributed by atoms with E-state index in [0.29, 0.717) is 5.92 Å². The highest BCUT2D eigenvalue weighted by atomic mass is 19.4. The van der Waals surface area contributed by atoms with Gasteiger partial charge in [-0.3, -0.25) is 9.88 Å². The normalized spacial score (nSPS) is 15.1. The van der Waals surface area contributed by atoms with Gasteiger partial charge in [0, 0.05) is 36.3 Å². The van der Waals surface area contributed by atoms with Crippen LogP contribution in [0, 0.1) is 0 Å². The molecule has 0 spiro atoms. The number of piperidine rings is 1. The monoisotopic (exact) mass is 486 g/mol. The van der Waals surface area contributed by atoms with Gasteiger partial charge in [0.15, 0.2) is 0 Å². The summed E-state index contributed by atoms with van der Waals surface area (Å²) >= 11 is 0. The Kier molecular flexibility index (Phi) is 7.20. The van der Waals surface area contributed by atoms with Gasteiger partial charge in [-0.25, -0.2) is 9.78 Å². The summed E-state index contributed by atoms with van der Waals surface area (Å²) in [5, 5.41) is 7.12. The maximum absolute atomic E-state index is 10.6. The average molecular weight is 486 g/mol. The highest BCUT2D eigenvalue weighted by Gasteiger charge is 2.38. The number of nitrogens with zero attached hydrogens (tertiary/aromatic N) is 4. The number of halogens is 3. The van der Waals surface area contributed by atoms with E-state index in [2.05, 4.69) is 57.9 Å². The number of hydrogen-bond donors (Lipinski definition) is 1. The number of aliphatic carboxylic acids is 1. The number of pyridine rings is 1. The Hall–Kier alpha value is -3.66. The van der Waals surface area contributed by atoms with Crippen LogP contribution in [0.25, 0.3) is 22.3 Å². The van der Waals surface area contributed by atoms with Gasteiger partial charge < -0.3 is 14.1 Å². The summed E-state index contributed by atoms with van der Waals surface area (Å²) in [6, 6.07) is 14.7. The lowest BCUT2D eigenvalue weighted by Gasteiger charge is -2.31. The van der Waals surface area contributed by atoms with E-state index in [1.165, 1.54) is 11.3 Å². The number of imidazole rings is 1. The predicted molar refractivity (Wildman–Crippen MR) is 124 cm³/mol. The molecule has 4 aromatic rings. The van der Waals surface area contributed by atoms with E-state index in [4.69, 9.17) is 19.3 Å². The van der Waals surface area contributed by atoms with Crippen LogP contribution in [-0.4, -0.2) is 49.8 Å². The van der Waals surface area contributed by atoms with Gasteiger partial charge in [0.25, 0.3) is 0 Å². The van der Waals surface area contributed by atoms with Gasteiger partial charge in [-0.15, -0.1) is 0 Å². The minimum Gasteiger partial charge on any atom is -0.475 e. The van der Waals surface area contributed by atoms with Crippen LogP contribution >= 0.6 is 0 Å². The molecule has 7 nitrogen and oxygen atoms in total. The number of rotatable bonds is 4. The summed E-state index contributed by atoms with van der Waals surface area (Å²) in [5.74, 6) is -2.27. The van der Waals surface area contributed by atoms with Crippen LogP contribution in [-0.2, 0) is 18.4 Å². The number of carbonyl (C=O) groups is 1. The molecule has 0 radical (unpaired) electrons. The van der Waals surface area contributed by atoms with Crippen molar-refractivity contribution in [2.75, 3.05) is 13.1 Å². The summed E-state index contributed by atoms with van der Waals surface area (Å²) in [5.41, 5.74) is 6.71. The zero-order chi connectivity index (χ0) is 25.0. The second-order valence-corrected chi connectivity index (χ2v) is 8.47. The quantitative estimate of drug-likeness (QED) is 0.425. The molecule has 1 aliphatic rings. The number of fused-ring (bicyclic) bond motifs is 1. The number of benzene rings is 1. The van der Waals surface area contributed by atoms with Gasteiger partial charge in [-0.2, -0.15) is 13.2 Å². The molecule has 1 fully saturated rings. The van der Waals surface area contributed by atoms with Crippen molar-refractivity contribution >= 4 is 17.0 Å². The molecule has 3 aromatic heterocycles. The number of hydrogen-bond acceptors (Lipinski definition) is 5. The Balaban J connectivity index is 0.000000364. The molecular formula is C25H25F3N4O3. The first-order chi connectivity index (χ1) is 16.7. The lowest BCUT2D eigenvalue weighted by Crippen LogP contribution is -2.32. The lowest BCUT2D eigenvalue weighted by molar-refractivity contribution is -0.192. The van der Waals surface area contributed by atoms with Gasteiger partial charge in [0.05, 0.1) is 30.1 Å². The summed E-state index contributed by atoms with van der Waals surface area (Å²) in [6.45, 7) is 3.13. The molecule has 184 valence electrons. The average Bonchev–Trinajstić information content (AvgIpc) is 3.49. The van der Waals surface area contributed by atoms with E-state index in [1.807, 2.05) is 18.7 Å². The number of aromatic nitrogens is 3. The van der Waals surface area contributed by atoms with Gasteiger partial charge >= 0.3 is 12.1 Å². The zero-order valence-electron chi connectivity index (χ0n) is 19.1. The number of likely N-dealkylation sites (tertiary alicyclic amines) is 1. The molecule has 35 heavy (non-hydrogen) atoms. The fourth-order valence-corrected chi connectivity index (χ4v) is 4.18. The highest BCUT2D eigenvalue weighted by Crippen LogP contribution is 2.33. The molecule has 1 aromatic carbocycles. The van der Waals surface area contributed by atoms with Crippen LogP contribution in [0.4, 0.5) is 13.2 Å². The van der Waals surface area contributed by atoms with E-state index in [0.717, 1.165) is 54.8 Å². The van der Waals surface area contributed by atoms with Crippen molar-refractivity contribution in [1.29, 1.82) is 0 Å². The number of alkyl halides is 3. The Morgan fingerprint density at radius 1 is 1.17 bits per heavy atom. The first-order valence-corrected chi connectivity index (χ1v) is 11.1. The van der Waals surface area contributed by atoms with Crippen molar-refractivity contribution in [3.8, 4) is 11.3 Å². The Labute approximate surface area is 199 Å². The number of furan rings is 1. The van der Waals surface area contributed by atoms with Crippen molar-refractivity contribution in [2.45, 2.75) is 31.5 Å². The smallest absolute Gasteiger partial charge is 0.475 e. The Bertz CT molecular complexity index is 1260. The molecule has 0 amide bonds. The van der Waals surface area contributed by atoms with Crippen LogP contribution in [0.2, 0.25) is 0 Å². The maximum atomic E-state index is 10.6. The molecular weight excluding hydrogens is 461 g/mol. The van der Waals surface area contributed by atoms with E-state index >= 15 is 0 Å². The molecule has 1 N–H and O–H groups in total. The zero-order valence-corrected chi connectivity index (χ0v) is 19.1. The lowest BCUT2D eigenvalue weighted by atomic mass is 9.92. The molecule has 0 aliphatic carbocycles. The van der Waals surface area contributed by atoms with Crippen molar-refractivity contribution in [2.24, 2.45) is 7.05 Å². The number of carboxylic acid groups (broad SMARTS) is 1. The van der Waals surface area contributed by atoms with Crippen LogP contribution in [0.1, 0.15) is 30.0 Å². The van der Waals surface area contributed by atoms with Gasteiger partial charge in [-0.05, 0) is 38.1 Å². The maximum Gasteiger partial charge on any atom is 0.490 e. The van der Waals surface area contributed by atoms with Gasteiger partial charge in [0.2, 0.25) is 0 Å². The molecule has 1 saturated heterocycles. The van der Waals surface area contributed by atoms with Crippen molar-refractivity contribution < 1.29 is 27.5 Å². The Morgan fingerprint density at radius 2 is 1.86 bits per heavy atom. The third-order valence-corrected chi connectivity index (χ3v) is 6.01. The topological polar surface area (TPSA) is 84.4 Å². The SMILES string of the molecule is Cn1cnc2c(-c3ccccc3)nc(C3CCN(Cc4ccoc4)CC3)cc21.O=C(O)C(F)(F)F. The van der Waals surface area contributed by atoms with E-state index < -0.39 is 12.1 Å². The van der Waals surface area contributed by atoms with Crippen LogP contribution in [0.15, 0.2) is 65.7 Å². The van der Waals surface area contributed by atoms with Gasteiger partial charge in [-0.1, -0.05) is 30.3 Å². The van der Waals surface area contributed by atoms with Gasteiger partial charge in [0.1, 0.15) is 5.52 Å². The standard InChI is InChI=1S/C23H24N4O.C2HF3O2/c1-26-16-24-23-21(26)13-20(25-22(23)19-5-3-2-4-6-19)18-7-10-27(11-8-18)14-17-9-12-28-15-17;3-2(4,5)1(6)7/h2-6,9,12-13,15-16,18H,7-8,10-11,14H2,1H3;(H,6,7). The van der Waals surface area contributed by atoms with E-state index in [1.54, 1.807) is 6.26 Å². The van der Waals surface area contributed by atoms with Crippen LogP contribution in [0.3, 0.4) is 0 Å². The minimum atomic E-state index is -5.08. The molecule has 0 atom stereocenters. The first kappa shape index (κ1) is 24.5. The summed E-state index contributed by atoms with van der Waals surface area (Å²) < 4.78 is 39.0. The largest absolute Gasteiger partial charge is 0.490 e. The van der Waals surface area contributed by atoms with Crippen molar-refractivity contribution in [3.63, 3.8) is 0 Å². The third-order valence-electron chi connectivity index (χ3n) is 6.01. The second kappa shape index (κ2) is 10.3. The number of carboxylic acids is 1. The van der Waals surface area contributed by atoms with E-state index in [-0.39, 0.29) is 0 Å². The summed E-state index contributed by atoms with van der Waals surface area (Å²) in [7, 11) is 2.06. The highest BCUT2D eigenvalue weighted by molar-refractivity contribution is 5.90. The van der Waals surface area contributed by atoms with Crippen LogP contribution in [0.5, 0.6) is 0 Å². The Morgan fingerprint density at radius 3 is 2.46 bits per heavy atom. The molecule has 0 bridgehead atoms. The fraction of sp³-hybridized carbons (Fsp3) is 0.320. The minimum absolute atomic E-state index is 0.488. The molecule has 4 heterocycles. The fourth-order valence-electron chi connectivity index (χ4n) is 4.18. The van der Waals surface area contributed by atoms with E-state index in [9.17, 15) is 13.2 Å². The molecule has 0 saturated carbocycles. The summed E-state index contributed by atoms with van der Waals surface area (Å²) in [6.07, 6.45) is 2.65. The molecule has 0 unspecified atom stereocenters. The van der Waals surface area contributed by atoms with Crippen molar-refractivity contribution in [1.82, 2.24) is 19.4 Å². The second-order valence-electron chi connectivity index (χ2n) is 8.47. The molecule has 5 rings (SSSR count). The predicted octanol–water partition coefficient (Wildman–Crippen LogP) is 5.24. The molecule has 10 heteroatoms. The third kappa shape index (κ3) is 5.89. The first-order valence-electron chi connectivity index (χ1n) is 11.1. The molecule has 1 aliphatic heterocycles.